The van der Waals surface area contributed by atoms with Crippen LogP contribution < -0.4 is 19.9 Å². The third kappa shape index (κ3) is 4.07. The first-order chi connectivity index (χ1) is 15.0. The van der Waals surface area contributed by atoms with Crippen LogP contribution in [0.3, 0.4) is 0 Å². The van der Waals surface area contributed by atoms with Crippen molar-refractivity contribution in [3.8, 4) is 28.4 Å². The number of Topliss-reactive ketones (excluding diaryl/α,β-unsaturated/α-hetero) is 1. The molecular weight excluding hydrogens is 396 g/mol. The summed E-state index contributed by atoms with van der Waals surface area (Å²) in [5.41, 5.74) is 9.29. The van der Waals surface area contributed by atoms with Crippen molar-refractivity contribution in [2.75, 3.05) is 13.7 Å². The normalized spacial score (nSPS) is 12.6. The van der Waals surface area contributed by atoms with Crippen LogP contribution >= 0.6 is 0 Å². The lowest BCUT2D eigenvalue weighted by molar-refractivity contribution is 0.0931. The summed E-state index contributed by atoms with van der Waals surface area (Å²) in [4.78, 5) is 28.5. The van der Waals surface area contributed by atoms with Crippen LogP contribution in [0.15, 0.2) is 48.8 Å². The molecule has 3 aromatic rings. The van der Waals surface area contributed by atoms with Crippen molar-refractivity contribution in [3.05, 3.63) is 71.0 Å². The van der Waals surface area contributed by atoms with Gasteiger partial charge in [0.05, 0.1) is 19.3 Å². The second kappa shape index (κ2) is 8.47. The number of nitrogens with two attached hydrogens (primary N) is 1. The molecule has 0 saturated carbocycles. The molecule has 2 aromatic carbocycles. The van der Waals surface area contributed by atoms with Gasteiger partial charge in [-0.05, 0) is 54.4 Å². The van der Waals surface area contributed by atoms with Crippen LogP contribution in [0, 0.1) is 6.92 Å². The quantitative estimate of drug-likeness (QED) is 0.655. The van der Waals surface area contributed by atoms with Gasteiger partial charge in [0.1, 0.15) is 23.9 Å². The minimum Gasteiger partial charge on any atom is -0.497 e. The SMILES string of the molecule is COc1cc(C(N)=O)cc(-c2cc3c(c(C)c2OCc2ccncc2)OCCC3=O)c1. The van der Waals surface area contributed by atoms with Crippen LogP contribution in [0.2, 0.25) is 0 Å². The molecule has 0 radical (unpaired) electrons. The molecule has 0 bridgehead atoms. The maximum absolute atomic E-state index is 12.6. The fraction of sp³-hybridized carbons (Fsp3) is 0.208. The number of carbonyl (C=O) groups is 2. The first kappa shape index (κ1) is 20.4. The molecule has 7 heteroatoms. The molecule has 1 amide bonds. The number of pyridine rings is 1. The first-order valence-electron chi connectivity index (χ1n) is 9.82. The number of amides is 1. The molecule has 7 nitrogen and oxygen atoms in total. The lowest BCUT2D eigenvalue weighted by Gasteiger charge is -2.23. The third-order valence-corrected chi connectivity index (χ3v) is 5.21. The van der Waals surface area contributed by atoms with Gasteiger partial charge >= 0.3 is 0 Å². The lowest BCUT2D eigenvalue weighted by atomic mass is 9.93. The van der Waals surface area contributed by atoms with Crippen LogP contribution in [0.4, 0.5) is 0 Å². The van der Waals surface area contributed by atoms with Crippen molar-refractivity contribution in [1.82, 2.24) is 4.98 Å². The average Bonchev–Trinajstić information content (AvgIpc) is 2.79. The van der Waals surface area contributed by atoms with Gasteiger partial charge in [-0.15, -0.1) is 0 Å². The van der Waals surface area contributed by atoms with E-state index in [2.05, 4.69) is 4.98 Å². The van der Waals surface area contributed by atoms with Gasteiger partial charge in [0.15, 0.2) is 5.78 Å². The van der Waals surface area contributed by atoms with E-state index in [0.717, 1.165) is 11.1 Å². The summed E-state index contributed by atoms with van der Waals surface area (Å²) >= 11 is 0. The highest BCUT2D eigenvalue weighted by Crippen LogP contribution is 2.43. The molecule has 1 aromatic heterocycles. The molecule has 0 saturated heterocycles. The number of hydrogen-bond donors (Lipinski definition) is 1. The molecule has 1 aliphatic heterocycles. The molecule has 0 fully saturated rings. The van der Waals surface area contributed by atoms with Gasteiger partial charge in [0.2, 0.25) is 5.91 Å². The summed E-state index contributed by atoms with van der Waals surface area (Å²) < 4.78 is 17.4. The molecule has 1 aliphatic rings. The standard InChI is InChI=1S/C24H22N2O5/c1-14-22(31-13-15-3-6-26-7-4-15)19(12-20-21(27)5-8-30-23(14)20)16-9-17(24(25)28)11-18(10-16)29-2/h3-4,6-7,9-12H,5,8,13H2,1-2H3,(H2,25,28). The van der Waals surface area contributed by atoms with Crippen LogP contribution in [-0.2, 0) is 6.61 Å². The Morgan fingerprint density at radius 2 is 1.94 bits per heavy atom. The Morgan fingerprint density at radius 1 is 1.16 bits per heavy atom. The number of benzene rings is 2. The van der Waals surface area contributed by atoms with Crippen molar-refractivity contribution >= 4 is 11.7 Å². The molecule has 158 valence electrons. The Bertz CT molecular complexity index is 1160. The van der Waals surface area contributed by atoms with E-state index < -0.39 is 5.91 Å². The monoisotopic (exact) mass is 418 g/mol. The molecule has 0 spiro atoms. The van der Waals surface area contributed by atoms with Gasteiger partial charge in [-0.3, -0.25) is 14.6 Å². The zero-order valence-electron chi connectivity index (χ0n) is 17.3. The second-order valence-corrected chi connectivity index (χ2v) is 7.24. The molecule has 2 N–H and O–H groups in total. The number of fused-ring (bicyclic) bond motifs is 1. The highest BCUT2D eigenvalue weighted by Gasteiger charge is 2.26. The number of ketones is 1. The summed E-state index contributed by atoms with van der Waals surface area (Å²) in [6.07, 6.45) is 3.71. The van der Waals surface area contributed by atoms with Crippen molar-refractivity contribution < 1.29 is 23.8 Å². The van der Waals surface area contributed by atoms with E-state index in [1.165, 1.54) is 7.11 Å². The first-order valence-corrected chi connectivity index (χ1v) is 9.82. The minimum atomic E-state index is -0.575. The smallest absolute Gasteiger partial charge is 0.248 e. The zero-order valence-corrected chi connectivity index (χ0v) is 17.3. The summed E-state index contributed by atoms with van der Waals surface area (Å²) in [6, 6.07) is 10.5. The van der Waals surface area contributed by atoms with Gasteiger partial charge in [0.25, 0.3) is 0 Å². The fourth-order valence-corrected chi connectivity index (χ4v) is 3.61. The Labute approximate surface area is 179 Å². The summed E-state index contributed by atoms with van der Waals surface area (Å²) in [5.74, 6) is 0.999. The molecule has 0 aliphatic carbocycles. The lowest BCUT2D eigenvalue weighted by Crippen LogP contribution is -2.17. The van der Waals surface area contributed by atoms with E-state index >= 15 is 0 Å². The highest BCUT2D eigenvalue weighted by atomic mass is 16.5. The topological polar surface area (TPSA) is 101 Å². The maximum Gasteiger partial charge on any atom is 0.248 e. The average molecular weight is 418 g/mol. The van der Waals surface area contributed by atoms with Crippen LogP contribution in [0.5, 0.6) is 17.2 Å². The van der Waals surface area contributed by atoms with Crippen molar-refractivity contribution in [3.63, 3.8) is 0 Å². The van der Waals surface area contributed by atoms with Crippen LogP contribution in [0.25, 0.3) is 11.1 Å². The second-order valence-electron chi connectivity index (χ2n) is 7.24. The Kier molecular flexibility index (Phi) is 5.58. The van der Waals surface area contributed by atoms with Crippen molar-refractivity contribution in [2.24, 2.45) is 5.73 Å². The van der Waals surface area contributed by atoms with Gasteiger partial charge in [-0.25, -0.2) is 0 Å². The molecular formula is C24H22N2O5. The third-order valence-electron chi connectivity index (χ3n) is 5.21. The number of ether oxygens (including phenoxy) is 3. The molecule has 0 unspecified atom stereocenters. The van der Waals surface area contributed by atoms with Crippen molar-refractivity contribution in [2.45, 2.75) is 20.0 Å². The van der Waals surface area contributed by atoms with E-state index in [4.69, 9.17) is 19.9 Å². The van der Waals surface area contributed by atoms with E-state index in [-0.39, 0.29) is 5.78 Å². The van der Waals surface area contributed by atoms with Crippen LogP contribution in [-0.4, -0.2) is 30.4 Å². The van der Waals surface area contributed by atoms with E-state index in [0.29, 0.717) is 59.1 Å². The fourth-order valence-electron chi connectivity index (χ4n) is 3.61. The number of aromatic nitrogens is 1. The predicted octanol–water partition coefficient (Wildman–Crippen LogP) is 3.71. The van der Waals surface area contributed by atoms with Gasteiger partial charge in [-0.2, -0.15) is 0 Å². The van der Waals surface area contributed by atoms with Crippen molar-refractivity contribution in [1.29, 1.82) is 0 Å². The number of carbonyl (C=O) groups excluding carboxylic acids is 2. The van der Waals surface area contributed by atoms with Crippen LogP contribution in [0.1, 0.15) is 38.3 Å². The Morgan fingerprint density at radius 3 is 2.65 bits per heavy atom. The molecule has 31 heavy (non-hydrogen) atoms. The number of rotatable bonds is 6. The Balaban J connectivity index is 1.88. The van der Waals surface area contributed by atoms with Gasteiger partial charge in [-0.1, -0.05) is 0 Å². The van der Waals surface area contributed by atoms with Gasteiger partial charge < -0.3 is 19.9 Å². The molecule has 4 rings (SSSR count). The highest BCUT2D eigenvalue weighted by molar-refractivity contribution is 6.02. The number of nitrogens with zero attached hydrogens (tertiary/aromatic N) is 1. The minimum absolute atomic E-state index is 0.00399. The number of hydrogen-bond acceptors (Lipinski definition) is 6. The molecule has 0 atom stereocenters. The van der Waals surface area contributed by atoms with E-state index in [1.54, 1.807) is 36.7 Å². The summed E-state index contributed by atoms with van der Waals surface area (Å²) in [6.45, 7) is 2.49. The summed E-state index contributed by atoms with van der Waals surface area (Å²) in [5, 5.41) is 0. The van der Waals surface area contributed by atoms with E-state index in [1.807, 2.05) is 19.1 Å². The number of methoxy groups -OCH3 is 1. The predicted molar refractivity (Wildman–Crippen MR) is 115 cm³/mol. The maximum atomic E-state index is 12.6. The zero-order chi connectivity index (χ0) is 22.0. The summed E-state index contributed by atoms with van der Waals surface area (Å²) in [7, 11) is 1.51. The molecule has 2 heterocycles. The largest absolute Gasteiger partial charge is 0.497 e. The van der Waals surface area contributed by atoms with Gasteiger partial charge in [0, 0.05) is 35.5 Å². The van der Waals surface area contributed by atoms with E-state index in [9.17, 15) is 9.59 Å². The number of primary amides is 1. The Hall–Kier alpha value is -3.87.